The molecule has 0 unspecified atom stereocenters. The first-order valence-corrected chi connectivity index (χ1v) is 7.29. The molecule has 0 saturated carbocycles. The number of ether oxygens (including phenoxy) is 1. The van der Waals surface area contributed by atoms with Gasteiger partial charge in [0.05, 0.1) is 18.5 Å². The summed E-state index contributed by atoms with van der Waals surface area (Å²) in [6, 6.07) is 5.93. The highest BCUT2D eigenvalue weighted by molar-refractivity contribution is 5.72. The number of nitrogens with one attached hydrogen (secondary N) is 1. The predicted octanol–water partition coefficient (Wildman–Crippen LogP) is 3.37. The van der Waals surface area contributed by atoms with Crippen LogP contribution in [0.1, 0.15) is 17.0 Å². The molecule has 3 rings (SSSR count). The van der Waals surface area contributed by atoms with Crippen molar-refractivity contribution in [1.82, 2.24) is 15.1 Å². The van der Waals surface area contributed by atoms with Crippen LogP contribution in [0.25, 0.3) is 11.1 Å². The second-order valence-electron chi connectivity index (χ2n) is 5.19. The predicted molar refractivity (Wildman–Crippen MR) is 87.3 cm³/mol. The van der Waals surface area contributed by atoms with Gasteiger partial charge in [0.25, 0.3) is 0 Å². The summed E-state index contributed by atoms with van der Waals surface area (Å²) in [5.74, 6) is 1.32. The molecule has 0 saturated heterocycles. The normalized spacial score (nSPS) is 10.6. The smallest absolute Gasteiger partial charge is 0.237 e. The zero-order chi connectivity index (χ0) is 16.2. The lowest BCUT2D eigenvalue weighted by atomic mass is 10.1. The molecule has 0 atom stereocenters. The summed E-state index contributed by atoms with van der Waals surface area (Å²) >= 11 is 0. The van der Waals surface area contributed by atoms with Gasteiger partial charge in [-0.2, -0.15) is 0 Å². The van der Waals surface area contributed by atoms with E-state index in [4.69, 9.17) is 9.26 Å². The minimum absolute atomic E-state index is 0.551. The minimum atomic E-state index is 0.551. The molecule has 118 valence electrons. The summed E-state index contributed by atoms with van der Waals surface area (Å²) in [6.45, 7) is 4.47. The van der Waals surface area contributed by atoms with Gasteiger partial charge in [-0.15, -0.1) is 0 Å². The molecule has 0 spiro atoms. The number of nitrogens with zero attached hydrogens (tertiary/aromatic N) is 3. The molecular weight excluding hydrogens is 292 g/mol. The SMILES string of the molecule is COc1ncc(-c2c(C)noc2C)cc1NCc1ccncc1. The Hall–Kier alpha value is -2.89. The number of methoxy groups -OCH3 is 1. The fraction of sp³-hybridized carbons (Fsp3) is 0.235. The van der Waals surface area contributed by atoms with Crippen LogP contribution in [-0.2, 0) is 6.54 Å². The monoisotopic (exact) mass is 310 g/mol. The number of aromatic nitrogens is 3. The van der Waals surface area contributed by atoms with Crippen LogP contribution in [0, 0.1) is 13.8 Å². The lowest BCUT2D eigenvalue weighted by Crippen LogP contribution is -2.03. The van der Waals surface area contributed by atoms with Crippen LogP contribution in [0.4, 0.5) is 5.69 Å². The lowest BCUT2D eigenvalue weighted by molar-refractivity contribution is 0.393. The van der Waals surface area contributed by atoms with Gasteiger partial charge in [-0.05, 0) is 37.6 Å². The second-order valence-corrected chi connectivity index (χ2v) is 5.19. The van der Waals surface area contributed by atoms with Crippen molar-refractivity contribution < 1.29 is 9.26 Å². The zero-order valence-corrected chi connectivity index (χ0v) is 13.3. The lowest BCUT2D eigenvalue weighted by Gasteiger charge is -2.12. The fourth-order valence-corrected chi connectivity index (χ4v) is 2.47. The Morgan fingerprint density at radius 1 is 1.22 bits per heavy atom. The van der Waals surface area contributed by atoms with Gasteiger partial charge in [-0.25, -0.2) is 4.98 Å². The summed E-state index contributed by atoms with van der Waals surface area (Å²) < 4.78 is 10.6. The van der Waals surface area contributed by atoms with Crippen LogP contribution in [0.3, 0.4) is 0 Å². The Morgan fingerprint density at radius 3 is 2.65 bits per heavy atom. The summed E-state index contributed by atoms with van der Waals surface area (Å²) in [7, 11) is 1.61. The molecule has 6 heteroatoms. The Morgan fingerprint density at radius 2 is 2.00 bits per heavy atom. The first-order valence-electron chi connectivity index (χ1n) is 7.29. The van der Waals surface area contributed by atoms with Gasteiger partial charge in [0.2, 0.25) is 5.88 Å². The van der Waals surface area contributed by atoms with Gasteiger partial charge in [0, 0.05) is 36.3 Å². The van der Waals surface area contributed by atoms with E-state index in [2.05, 4.69) is 20.4 Å². The van der Waals surface area contributed by atoms with E-state index in [-0.39, 0.29) is 0 Å². The third-order valence-electron chi connectivity index (χ3n) is 3.60. The van der Waals surface area contributed by atoms with Crippen molar-refractivity contribution >= 4 is 5.69 Å². The van der Waals surface area contributed by atoms with Crippen molar-refractivity contribution in [3.8, 4) is 17.0 Å². The molecule has 0 amide bonds. The number of pyridine rings is 2. The van der Waals surface area contributed by atoms with Crippen molar-refractivity contribution in [3.05, 3.63) is 53.8 Å². The topological polar surface area (TPSA) is 73.1 Å². The maximum atomic E-state index is 5.34. The van der Waals surface area contributed by atoms with Crippen molar-refractivity contribution in [3.63, 3.8) is 0 Å². The van der Waals surface area contributed by atoms with Crippen LogP contribution >= 0.6 is 0 Å². The van der Waals surface area contributed by atoms with Crippen LogP contribution < -0.4 is 10.1 Å². The van der Waals surface area contributed by atoms with Gasteiger partial charge in [-0.1, -0.05) is 5.16 Å². The van der Waals surface area contributed by atoms with Gasteiger partial charge in [0.1, 0.15) is 5.76 Å². The quantitative estimate of drug-likeness (QED) is 0.779. The molecular formula is C17H18N4O2. The fourth-order valence-electron chi connectivity index (χ4n) is 2.47. The maximum absolute atomic E-state index is 5.34. The Kier molecular flexibility index (Phi) is 4.23. The van der Waals surface area contributed by atoms with Crippen molar-refractivity contribution in [2.24, 2.45) is 0 Å². The third-order valence-corrected chi connectivity index (χ3v) is 3.60. The summed E-state index contributed by atoms with van der Waals surface area (Å²) in [6.07, 6.45) is 5.31. The highest BCUT2D eigenvalue weighted by atomic mass is 16.5. The third kappa shape index (κ3) is 3.15. The first-order chi connectivity index (χ1) is 11.2. The van der Waals surface area contributed by atoms with Gasteiger partial charge in [-0.3, -0.25) is 4.98 Å². The van der Waals surface area contributed by atoms with Crippen LogP contribution in [0.15, 0.2) is 41.3 Å². The molecule has 0 bridgehead atoms. The Labute approximate surface area is 134 Å². The van der Waals surface area contributed by atoms with Gasteiger partial charge < -0.3 is 14.6 Å². The highest BCUT2D eigenvalue weighted by Gasteiger charge is 2.14. The molecule has 0 aliphatic heterocycles. The molecule has 1 N–H and O–H groups in total. The molecule has 6 nitrogen and oxygen atoms in total. The molecule has 23 heavy (non-hydrogen) atoms. The number of aryl methyl sites for hydroxylation is 2. The van der Waals surface area contributed by atoms with Gasteiger partial charge in [0.15, 0.2) is 0 Å². The number of rotatable bonds is 5. The Bertz CT molecular complexity index is 780. The molecule has 0 aromatic carbocycles. The van der Waals surface area contributed by atoms with Crippen LogP contribution in [0.2, 0.25) is 0 Å². The molecule has 3 aromatic heterocycles. The van der Waals surface area contributed by atoms with Crippen LogP contribution in [0.5, 0.6) is 5.88 Å². The average Bonchev–Trinajstić information content (AvgIpc) is 2.92. The molecule has 0 radical (unpaired) electrons. The first kappa shape index (κ1) is 15.0. The zero-order valence-electron chi connectivity index (χ0n) is 13.3. The average molecular weight is 310 g/mol. The highest BCUT2D eigenvalue weighted by Crippen LogP contribution is 2.32. The largest absolute Gasteiger partial charge is 0.480 e. The molecule has 3 aromatic rings. The van der Waals surface area contributed by atoms with E-state index in [0.29, 0.717) is 12.4 Å². The molecule has 0 aliphatic rings. The Balaban J connectivity index is 1.91. The molecule has 3 heterocycles. The van der Waals surface area contributed by atoms with Gasteiger partial charge >= 0.3 is 0 Å². The van der Waals surface area contributed by atoms with E-state index in [0.717, 1.165) is 33.8 Å². The number of hydrogen-bond donors (Lipinski definition) is 1. The van der Waals surface area contributed by atoms with Crippen molar-refractivity contribution in [2.45, 2.75) is 20.4 Å². The number of hydrogen-bond acceptors (Lipinski definition) is 6. The van der Waals surface area contributed by atoms with E-state index in [1.807, 2.05) is 32.0 Å². The van der Waals surface area contributed by atoms with Crippen LogP contribution in [-0.4, -0.2) is 22.2 Å². The molecule has 0 aliphatic carbocycles. The summed E-state index contributed by atoms with van der Waals surface area (Å²) in [4.78, 5) is 8.40. The summed E-state index contributed by atoms with van der Waals surface area (Å²) in [5.41, 5.74) is 4.70. The van der Waals surface area contributed by atoms with Crippen molar-refractivity contribution in [1.29, 1.82) is 0 Å². The van der Waals surface area contributed by atoms with E-state index < -0.39 is 0 Å². The summed E-state index contributed by atoms with van der Waals surface area (Å²) in [5, 5.41) is 7.35. The van der Waals surface area contributed by atoms with E-state index in [1.165, 1.54) is 0 Å². The number of anilines is 1. The second kappa shape index (κ2) is 6.48. The standard InChI is InChI=1S/C17H18N4O2/c1-11-16(12(2)23-21-11)14-8-15(17(22-3)20-10-14)19-9-13-4-6-18-7-5-13/h4-8,10,19H,9H2,1-3H3. The molecule has 0 fully saturated rings. The minimum Gasteiger partial charge on any atom is -0.480 e. The maximum Gasteiger partial charge on any atom is 0.237 e. The van der Waals surface area contributed by atoms with E-state index >= 15 is 0 Å². The van der Waals surface area contributed by atoms with E-state index in [9.17, 15) is 0 Å². The van der Waals surface area contributed by atoms with Crippen molar-refractivity contribution in [2.75, 3.05) is 12.4 Å². The van der Waals surface area contributed by atoms with E-state index in [1.54, 1.807) is 25.7 Å².